The van der Waals surface area contributed by atoms with E-state index in [1.807, 2.05) is 55.5 Å². The molecule has 31 heavy (non-hydrogen) atoms. The second kappa shape index (κ2) is 12.1. The summed E-state index contributed by atoms with van der Waals surface area (Å²) in [6.45, 7) is 5.44. The van der Waals surface area contributed by atoms with Crippen LogP contribution in [-0.2, 0) is 0 Å². The largest absolute Gasteiger partial charge is 0.493 e. The first kappa shape index (κ1) is 22.7. The van der Waals surface area contributed by atoms with Gasteiger partial charge in [0.1, 0.15) is 11.5 Å². The minimum Gasteiger partial charge on any atom is -0.493 e. The van der Waals surface area contributed by atoms with Gasteiger partial charge in [-0.05, 0) is 49.8 Å². The predicted octanol–water partition coefficient (Wildman–Crippen LogP) is 6.24. The molecular formula is C24H30N4O2S. The molecule has 3 aromatic rings. The topological polar surface area (TPSA) is 64.4 Å². The summed E-state index contributed by atoms with van der Waals surface area (Å²) in [5.41, 5.74) is 1.72. The molecule has 1 heterocycles. The first-order chi connectivity index (χ1) is 15.2. The van der Waals surface area contributed by atoms with Crippen molar-refractivity contribution in [1.82, 2.24) is 14.9 Å². The highest BCUT2D eigenvalue weighted by atomic mass is 32.1. The van der Waals surface area contributed by atoms with Gasteiger partial charge in [-0.15, -0.1) is 0 Å². The Labute approximate surface area is 188 Å². The highest BCUT2D eigenvalue weighted by molar-refractivity contribution is 7.71. The Balaban J connectivity index is 1.78. The fraction of sp³-hybridized carbons (Fsp3) is 0.375. The van der Waals surface area contributed by atoms with Crippen molar-refractivity contribution in [2.24, 2.45) is 5.10 Å². The van der Waals surface area contributed by atoms with Crippen molar-refractivity contribution >= 4 is 18.4 Å². The lowest BCUT2D eigenvalue weighted by atomic mass is 10.2. The molecule has 0 bridgehead atoms. The molecule has 0 amide bonds. The minimum absolute atomic E-state index is 0.409. The van der Waals surface area contributed by atoms with E-state index in [4.69, 9.17) is 21.7 Å². The number of nitrogens with one attached hydrogen (secondary N) is 1. The lowest BCUT2D eigenvalue weighted by molar-refractivity contribution is 0.304. The van der Waals surface area contributed by atoms with E-state index in [2.05, 4.69) is 22.2 Å². The van der Waals surface area contributed by atoms with Gasteiger partial charge in [0.15, 0.2) is 5.82 Å². The summed E-state index contributed by atoms with van der Waals surface area (Å²) in [4.78, 5) is 0. The molecule has 0 radical (unpaired) electrons. The van der Waals surface area contributed by atoms with E-state index in [0.717, 1.165) is 29.0 Å². The van der Waals surface area contributed by atoms with Crippen molar-refractivity contribution in [3.8, 4) is 22.9 Å². The average molecular weight is 439 g/mol. The Morgan fingerprint density at radius 1 is 0.968 bits per heavy atom. The molecule has 3 rings (SSSR count). The molecule has 0 saturated carbocycles. The smallest absolute Gasteiger partial charge is 0.216 e. The van der Waals surface area contributed by atoms with Crippen LogP contribution >= 0.6 is 12.2 Å². The van der Waals surface area contributed by atoms with Gasteiger partial charge in [-0.3, -0.25) is 0 Å². The molecule has 164 valence electrons. The maximum absolute atomic E-state index is 6.01. The average Bonchev–Trinajstić information content (AvgIpc) is 3.16. The van der Waals surface area contributed by atoms with Crippen LogP contribution in [0, 0.1) is 4.77 Å². The van der Waals surface area contributed by atoms with E-state index in [0.29, 0.717) is 23.8 Å². The van der Waals surface area contributed by atoms with Crippen LogP contribution in [0.3, 0.4) is 0 Å². The highest BCUT2D eigenvalue weighted by Gasteiger charge is 2.13. The van der Waals surface area contributed by atoms with E-state index in [1.165, 1.54) is 25.7 Å². The van der Waals surface area contributed by atoms with Gasteiger partial charge in [0, 0.05) is 5.56 Å². The maximum atomic E-state index is 6.01. The van der Waals surface area contributed by atoms with E-state index in [1.54, 1.807) is 10.9 Å². The molecule has 1 N–H and O–H groups in total. The Hall–Kier alpha value is -2.93. The monoisotopic (exact) mass is 438 g/mol. The van der Waals surface area contributed by atoms with Crippen molar-refractivity contribution in [2.45, 2.75) is 46.0 Å². The second-order valence-electron chi connectivity index (χ2n) is 7.14. The van der Waals surface area contributed by atoms with Crippen LogP contribution in [-0.4, -0.2) is 34.3 Å². The van der Waals surface area contributed by atoms with Gasteiger partial charge in [0.05, 0.1) is 25.0 Å². The Morgan fingerprint density at radius 3 is 2.52 bits per heavy atom. The number of hydrogen-bond donors (Lipinski definition) is 1. The second-order valence-corrected chi connectivity index (χ2v) is 7.53. The molecule has 7 heteroatoms. The summed E-state index contributed by atoms with van der Waals surface area (Å²) in [6, 6.07) is 15.6. The first-order valence-electron chi connectivity index (χ1n) is 10.9. The molecule has 6 nitrogen and oxygen atoms in total. The SMILES string of the molecule is CCCCCCCOc1ccccc1/C=N\n1c(-c2ccccc2OCC)n[nH]c1=S. The van der Waals surface area contributed by atoms with Crippen LogP contribution in [0.15, 0.2) is 53.6 Å². The summed E-state index contributed by atoms with van der Waals surface area (Å²) in [5.74, 6) is 2.15. The third-order valence-electron chi connectivity index (χ3n) is 4.82. The van der Waals surface area contributed by atoms with Gasteiger partial charge in [-0.25, -0.2) is 5.10 Å². The van der Waals surface area contributed by atoms with Crippen LogP contribution < -0.4 is 9.47 Å². The number of unbranched alkanes of at least 4 members (excludes halogenated alkanes) is 4. The van der Waals surface area contributed by atoms with Crippen molar-refractivity contribution in [2.75, 3.05) is 13.2 Å². The molecule has 0 aliphatic heterocycles. The van der Waals surface area contributed by atoms with Gasteiger partial charge >= 0.3 is 0 Å². The quantitative estimate of drug-likeness (QED) is 0.207. The zero-order valence-corrected chi connectivity index (χ0v) is 19.0. The van der Waals surface area contributed by atoms with Crippen molar-refractivity contribution in [3.05, 3.63) is 58.9 Å². The molecule has 0 atom stereocenters. The van der Waals surface area contributed by atoms with Crippen LogP contribution in [0.4, 0.5) is 0 Å². The third-order valence-corrected chi connectivity index (χ3v) is 5.08. The van der Waals surface area contributed by atoms with Gasteiger partial charge in [-0.2, -0.15) is 14.9 Å². The maximum Gasteiger partial charge on any atom is 0.216 e. The van der Waals surface area contributed by atoms with Gasteiger partial charge < -0.3 is 9.47 Å². The standard InChI is InChI=1S/C24H30N4O2S/c1-3-5-6-7-12-17-30-21-15-10-8-13-19(21)18-25-28-23(26-27-24(28)31)20-14-9-11-16-22(20)29-4-2/h8-11,13-16,18H,3-7,12,17H2,1-2H3,(H,27,31)/b25-18-. The van der Waals surface area contributed by atoms with E-state index >= 15 is 0 Å². The summed E-state index contributed by atoms with van der Waals surface area (Å²) in [7, 11) is 0. The summed E-state index contributed by atoms with van der Waals surface area (Å²) >= 11 is 5.41. The Morgan fingerprint density at radius 2 is 1.71 bits per heavy atom. The Bertz CT molecular complexity index is 1040. The molecule has 0 fully saturated rings. The molecule has 0 saturated heterocycles. The molecule has 2 aromatic carbocycles. The molecule has 0 aliphatic carbocycles. The van der Waals surface area contributed by atoms with Crippen LogP contribution in [0.1, 0.15) is 51.5 Å². The zero-order chi connectivity index (χ0) is 21.9. The molecule has 0 aliphatic rings. The van der Waals surface area contributed by atoms with Gasteiger partial charge in [-0.1, -0.05) is 56.9 Å². The van der Waals surface area contributed by atoms with E-state index < -0.39 is 0 Å². The molecular weight excluding hydrogens is 408 g/mol. The minimum atomic E-state index is 0.409. The summed E-state index contributed by atoms with van der Waals surface area (Å²) in [5, 5.41) is 11.8. The summed E-state index contributed by atoms with van der Waals surface area (Å²) in [6.07, 6.45) is 7.78. The zero-order valence-electron chi connectivity index (χ0n) is 18.2. The van der Waals surface area contributed by atoms with Crippen LogP contribution in [0.25, 0.3) is 11.4 Å². The number of aromatic amines is 1. The lowest BCUT2D eigenvalue weighted by Gasteiger charge is -2.10. The number of aromatic nitrogens is 3. The number of ether oxygens (including phenoxy) is 2. The number of H-pyrrole nitrogens is 1. The summed E-state index contributed by atoms with van der Waals surface area (Å²) < 4.78 is 13.8. The van der Waals surface area contributed by atoms with Crippen molar-refractivity contribution < 1.29 is 9.47 Å². The van der Waals surface area contributed by atoms with Gasteiger partial charge in [0.2, 0.25) is 4.77 Å². The number of benzene rings is 2. The highest BCUT2D eigenvalue weighted by Crippen LogP contribution is 2.28. The van der Waals surface area contributed by atoms with Crippen molar-refractivity contribution in [1.29, 1.82) is 0 Å². The lowest BCUT2D eigenvalue weighted by Crippen LogP contribution is -2.01. The fourth-order valence-corrected chi connectivity index (χ4v) is 3.41. The number of hydrogen-bond acceptors (Lipinski definition) is 5. The van der Waals surface area contributed by atoms with Gasteiger partial charge in [0.25, 0.3) is 0 Å². The fourth-order valence-electron chi connectivity index (χ4n) is 3.23. The Kier molecular flexibility index (Phi) is 8.84. The number of nitrogens with zero attached hydrogens (tertiary/aromatic N) is 3. The molecule has 0 spiro atoms. The van der Waals surface area contributed by atoms with E-state index in [9.17, 15) is 0 Å². The van der Waals surface area contributed by atoms with Crippen LogP contribution in [0.2, 0.25) is 0 Å². The normalized spacial score (nSPS) is 11.2. The first-order valence-corrected chi connectivity index (χ1v) is 11.3. The van der Waals surface area contributed by atoms with Crippen LogP contribution in [0.5, 0.6) is 11.5 Å². The number of rotatable bonds is 12. The molecule has 0 unspecified atom stereocenters. The van der Waals surface area contributed by atoms with Crippen molar-refractivity contribution in [3.63, 3.8) is 0 Å². The molecule has 1 aromatic heterocycles. The predicted molar refractivity (Wildman–Crippen MR) is 128 cm³/mol. The third kappa shape index (κ3) is 6.28. The number of para-hydroxylation sites is 2. The van der Waals surface area contributed by atoms with E-state index in [-0.39, 0.29) is 0 Å².